The summed E-state index contributed by atoms with van der Waals surface area (Å²) in [6.45, 7) is -0.354. The summed E-state index contributed by atoms with van der Waals surface area (Å²) in [4.78, 5) is 13.6. The molecule has 0 radical (unpaired) electrons. The van der Waals surface area contributed by atoms with E-state index in [4.69, 9.17) is 10.5 Å². The second-order valence-electron chi connectivity index (χ2n) is 6.45. The van der Waals surface area contributed by atoms with Crippen molar-refractivity contribution >= 4 is 5.91 Å². The van der Waals surface area contributed by atoms with E-state index in [0.29, 0.717) is 6.42 Å². The van der Waals surface area contributed by atoms with Gasteiger partial charge in [-0.15, -0.1) is 0 Å². The second-order valence-corrected chi connectivity index (χ2v) is 6.45. The number of halogens is 3. The molecule has 0 unspecified atom stereocenters. The third kappa shape index (κ3) is 5.34. The highest BCUT2D eigenvalue weighted by Crippen LogP contribution is 2.35. The number of nitrogens with two attached hydrogens (primary N) is 1. The maximum Gasteiger partial charge on any atom is 0.419 e. The Morgan fingerprint density at radius 2 is 2.08 bits per heavy atom. The van der Waals surface area contributed by atoms with Gasteiger partial charge in [0.2, 0.25) is 5.91 Å². The molecule has 0 aliphatic heterocycles. The molecule has 1 amide bonds. The fourth-order valence-corrected chi connectivity index (χ4v) is 3.02. The zero-order valence-corrected chi connectivity index (χ0v) is 14.0. The highest BCUT2D eigenvalue weighted by Gasteiger charge is 2.34. The monoisotopic (exact) mass is 360 g/mol. The zero-order valence-electron chi connectivity index (χ0n) is 14.0. The largest absolute Gasteiger partial charge is 0.490 e. The Labute approximate surface area is 144 Å². The third-order valence-electron chi connectivity index (χ3n) is 4.31. The quantitative estimate of drug-likeness (QED) is 0.814. The normalized spacial score (nSPS) is 21.8. The predicted octanol–water partition coefficient (Wildman–Crippen LogP) is 2.03. The molecular weight excluding hydrogens is 337 g/mol. The topological polar surface area (TPSA) is 75.8 Å². The summed E-state index contributed by atoms with van der Waals surface area (Å²) < 4.78 is 43.8. The van der Waals surface area contributed by atoms with Crippen molar-refractivity contribution in [1.29, 1.82) is 0 Å². The Bertz CT molecular complexity index is 595. The van der Waals surface area contributed by atoms with Gasteiger partial charge in [0.05, 0.1) is 5.56 Å². The second kappa shape index (κ2) is 8.05. The van der Waals surface area contributed by atoms with Crippen molar-refractivity contribution in [3.05, 3.63) is 29.8 Å². The molecule has 0 aromatic heterocycles. The summed E-state index contributed by atoms with van der Waals surface area (Å²) in [7, 11) is 1.55. The standard InChI is InChI=1S/C17H23F3N2O3/c1-22(16(24)11-6-7-12(21)8-11)9-13(23)10-25-15-5-3-2-4-14(15)17(18,19)20/h2-5,11-13,23H,6-10,21H2,1H3/t11-,12+,13-/m0/s1. The van der Waals surface area contributed by atoms with Crippen LogP contribution in [0.2, 0.25) is 0 Å². The van der Waals surface area contributed by atoms with Crippen LogP contribution in [0.5, 0.6) is 5.75 Å². The Kier molecular flexibility index (Phi) is 6.29. The Hall–Kier alpha value is -1.80. The number of benzene rings is 1. The molecule has 0 saturated heterocycles. The molecule has 1 aromatic carbocycles. The van der Waals surface area contributed by atoms with E-state index in [1.807, 2.05) is 0 Å². The first-order valence-corrected chi connectivity index (χ1v) is 8.16. The van der Waals surface area contributed by atoms with Gasteiger partial charge in [0.15, 0.2) is 0 Å². The van der Waals surface area contributed by atoms with Crippen LogP contribution in [0, 0.1) is 5.92 Å². The fourth-order valence-electron chi connectivity index (χ4n) is 3.02. The lowest BCUT2D eigenvalue weighted by Crippen LogP contribution is -2.40. The maximum absolute atomic E-state index is 12.9. The van der Waals surface area contributed by atoms with Crippen molar-refractivity contribution in [2.75, 3.05) is 20.2 Å². The number of ether oxygens (including phenoxy) is 1. The van der Waals surface area contributed by atoms with Gasteiger partial charge in [0, 0.05) is 25.6 Å². The van der Waals surface area contributed by atoms with Crippen molar-refractivity contribution in [2.24, 2.45) is 11.7 Å². The van der Waals surface area contributed by atoms with E-state index in [1.54, 1.807) is 7.05 Å². The van der Waals surface area contributed by atoms with Gasteiger partial charge in [-0.25, -0.2) is 0 Å². The number of nitrogens with zero attached hydrogens (tertiary/aromatic N) is 1. The van der Waals surface area contributed by atoms with E-state index in [1.165, 1.54) is 23.1 Å². The maximum atomic E-state index is 12.9. The molecule has 1 saturated carbocycles. The number of amides is 1. The van der Waals surface area contributed by atoms with Crippen molar-refractivity contribution in [2.45, 2.75) is 37.6 Å². The SMILES string of the molecule is CN(C[C@H](O)COc1ccccc1C(F)(F)F)C(=O)[C@H]1CC[C@@H](N)C1. The fraction of sp³-hybridized carbons (Fsp3) is 0.588. The number of alkyl halides is 3. The van der Waals surface area contributed by atoms with Gasteiger partial charge in [-0.1, -0.05) is 12.1 Å². The molecular formula is C17H23F3N2O3. The summed E-state index contributed by atoms with van der Waals surface area (Å²) in [6, 6.07) is 4.83. The van der Waals surface area contributed by atoms with Gasteiger partial charge in [-0.05, 0) is 31.4 Å². The molecule has 1 aliphatic rings. The highest BCUT2D eigenvalue weighted by molar-refractivity contribution is 5.79. The number of hydrogen-bond acceptors (Lipinski definition) is 4. The van der Waals surface area contributed by atoms with Crippen LogP contribution >= 0.6 is 0 Å². The number of aliphatic hydroxyl groups excluding tert-OH is 1. The lowest BCUT2D eigenvalue weighted by Gasteiger charge is -2.24. The predicted molar refractivity (Wildman–Crippen MR) is 85.9 cm³/mol. The summed E-state index contributed by atoms with van der Waals surface area (Å²) in [5, 5.41) is 9.99. The highest BCUT2D eigenvalue weighted by atomic mass is 19.4. The van der Waals surface area contributed by atoms with Crippen molar-refractivity contribution in [1.82, 2.24) is 4.90 Å². The molecule has 25 heavy (non-hydrogen) atoms. The summed E-state index contributed by atoms with van der Waals surface area (Å²) in [5.41, 5.74) is 4.90. The molecule has 8 heteroatoms. The minimum atomic E-state index is -4.53. The molecule has 1 aromatic rings. The van der Waals surface area contributed by atoms with Crippen LogP contribution < -0.4 is 10.5 Å². The molecule has 1 aliphatic carbocycles. The molecule has 2 rings (SSSR count). The summed E-state index contributed by atoms with van der Waals surface area (Å²) in [6.07, 6.45) is -3.49. The van der Waals surface area contributed by atoms with Gasteiger partial charge in [-0.3, -0.25) is 4.79 Å². The minimum absolute atomic E-state index is 0.0151. The van der Waals surface area contributed by atoms with Gasteiger partial charge in [-0.2, -0.15) is 13.2 Å². The van der Waals surface area contributed by atoms with Gasteiger partial charge in [0.1, 0.15) is 18.5 Å². The zero-order chi connectivity index (χ0) is 18.6. The lowest BCUT2D eigenvalue weighted by molar-refractivity contribution is -0.139. The van der Waals surface area contributed by atoms with Gasteiger partial charge in [0.25, 0.3) is 0 Å². The van der Waals surface area contributed by atoms with E-state index >= 15 is 0 Å². The van der Waals surface area contributed by atoms with Crippen molar-refractivity contribution < 1.29 is 27.8 Å². The number of aliphatic hydroxyl groups is 1. The van der Waals surface area contributed by atoms with Crippen LogP contribution in [0.15, 0.2) is 24.3 Å². The van der Waals surface area contributed by atoms with Crippen LogP contribution in [0.1, 0.15) is 24.8 Å². The van der Waals surface area contributed by atoms with Gasteiger partial charge >= 0.3 is 6.18 Å². The number of rotatable bonds is 6. The number of carbonyl (C=O) groups excluding carboxylic acids is 1. The van der Waals surface area contributed by atoms with Crippen LogP contribution in [0.25, 0.3) is 0 Å². The first-order chi connectivity index (χ1) is 11.7. The Morgan fingerprint density at radius 3 is 2.68 bits per heavy atom. The first kappa shape index (κ1) is 19.5. The average Bonchev–Trinajstić information content (AvgIpc) is 2.98. The minimum Gasteiger partial charge on any atom is -0.490 e. The third-order valence-corrected chi connectivity index (χ3v) is 4.31. The molecule has 140 valence electrons. The van der Waals surface area contributed by atoms with Crippen LogP contribution in [-0.2, 0) is 11.0 Å². The first-order valence-electron chi connectivity index (χ1n) is 8.16. The van der Waals surface area contributed by atoms with E-state index in [9.17, 15) is 23.1 Å². The molecule has 0 bridgehead atoms. The molecule has 3 N–H and O–H groups in total. The smallest absolute Gasteiger partial charge is 0.419 e. The number of hydrogen-bond donors (Lipinski definition) is 2. The molecule has 3 atom stereocenters. The van der Waals surface area contributed by atoms with E-state index in [-0.39, 0.29) is 36.8 Å². The van der Waals surface area contributed by atoms with Gasteiger partial charge < -0.3 is 20.5 Å². The lowest BCUT2D eigenvalue weighted by atomic mass is 10.1. The summed E-state index contributed by atoms with van der Waals surface area (Å²) in [5.74, 6) is -0.605. The molecule has 0 heterocycles. The van der Waals surface area contributed by atoms with E-state index in [2.05, 4.69) is 0 Å². The number of likely N-dealkylation sites (N-methyl/N-ethyl adjacent to an activating group) is 1. The molecule has 1 fully saturated rings. The molecule has 5 nitrogen and oxygen atoms in total. The average molecular weight is 360 g/mol. The van der Waals surface area contributed by atoms with Crippen LogP contribution in [0.4, 0.5) is 13.2 Å². The van der Waals surface area contributed by atoms with Crippen molar-refractivity contribution in [3.63, 3.8) is 0 Å². The molecule has 0 spiro atoms. The Morgan fingerprint density at radius 1 is 1.40 bits per heavy atom. The van der Waals surface area contributed by atoms with Crippen LogP contribution in [0.3, 0.4) is 0 Å². The number of carbonyl (C=O) groups is 1. The van der Waals surface area contributed by atoms with E-state index < -0.39 is 17.8 Å². The van der Waals surface area contributed by atoms with E-state index in [0.717, 1.165) is 18.9 Å². The Balaban J connectivity index is 1.87. The number of para-hydroxylation sites is 1. The van der Waals surface area contributed by atoms with Crippen LogP contribution in [-0.4, -0.2) is 48.3 Å². The van der Waals surface area contributed by atoms with Crippen molar-refractivity contribution in [3.8, 4) is 5.75 Å². The summed E-state index contributed by atoms with van der Waals surface area (Å²) >= 11 is 0.